The smallest absolute Gasteiger partial charge is 0.241 e. The van der Waals surface area contributed by atoms with E-state index < -0.39 is 0 Å². The molecule has 186 valence electrons. The molecular formula is C27H34N4O4. The molecule has 1 saturated heterocycles. The number of aryl methyl sites for hydroxylation is 1. The molecule has 35 heavy (non-hydrogen) atoms. The molecule has 8 nitrogen and oxygen atoms in total. The van der Waals surface area contributed by atoms with Gasteiger partial charge in [0.1, 0.15) is 11.5 Å². The number of amides is 1. The number of nitrogens with one attached hydrogen (secondary N) is 1. The largest absolute Gasteiger partial charge is 0.497 e. The van der Waals surface area contributed by atoms with Crippen LogP contribution in [0.1, 0.15) is 37.6 Å². The topological polar surface area (TPSA) is 89.7 Å². The Hall–Kier alpha value is -3.39. The third kappa shape index (κ3) is 6.82. The highest BCUT2D eigenvalue weighted by Gasteiger charge is 2.25. The van der Waals surface area contributed by atoms with Crippen molar-refractivity contribution < 1.29 is 18.8 Å². The SMILES string of the molecule is CCOc1ccccc1CCCNC(=O)C1CCN(Cc2nc(-c3ccc(OC)cc3)no2)CC1. The number of likely N-dealkylation sites (tertiary alicyclic amines) is 1. The molecule has 1 aromatic heterocycles. The summed E-state index contributed by atoms with van der Waals surface area (Å²) in [6, 6.07) is 15.7. The number of hydrogen-bond acceptors (Lipinski definition) is 7. The molecule has 1 aliphatic heterocycles. The average molecular weight is 479 g/mol. The van der Waals surface area contributed by atoms with E-state index in [1.165, 1.54) is 5.56 Å². The molecule has 0 saturated carbocycles. The van der Waals surface area contributed by atoms with E-state index >= 15 is 0 Å². The minimum atomic E-state index is 0.0551. The number of carbonyl (C=O) groups is 1. The van der Waals surface area contributed by atoms with Crippen LogP contribution < -0.4 is 14.8 Å². The van der Waals surface area contributed by atoms with Crippen molar-refractivity contribution in [2.45, 2.75) is 39.2 Å². The van der Waals surface area contributed by atoms with E-state index in [2.05, 4.69) is 26.4 Å². The monoisotopic (exact) mass is 478 g/mol. The maximum atomic E-state index is 12.6. The highest BCUT2D eigenvalue weighted by molar-refractivity contribution is 5.78. The Balaban J connectivity index is 1.17. The Labute approximate surface area is 206 Å². The third-order valence-electron chi connectivity index (χ3n) is 6.33. The summed E-state index contributed by atoms with van der Waals surface area (Å²) >= 11 is 0. The minimum Gasteiger partial charge on any atom is -0.497 e. The number of rotatable bonds is 11. The molecule has 1 N–H and O–H groups in total. The summed E-state index contributed by atoms with van der Waals surface area (Å²) in [5.74, 6) is 3.09. The van der Waals surface area contributed by atoms with Gasteiger partial charge in [-0.1, -0.05) is 23.4 Å². The Bertz CT molecular complexity index is 1070. The highest BCUT2D eigenvalue weighted by atomic mass is 16.5. The van der Waals surface area contributed by atoms with Gasteiger partial charge >= 0.3 is 0 Å². The van der Waals surface area contributed by atoms with Crippen molar-refractivity contribution in [1.29, 1.82) is 0 Å². The van der Waals surface area contributed by atoms with E-state index in [-0.39, 0.29) is 11.8 Å². The first-order chi connectivity index (χ1) is 17.2. The van der Waals surface area contributed by atoms with Crippen LogP contribution in [0.2, 0.25) is 0 Å². The first-order valence-electron chi connectivity index (χ1n) is 12.3. The van der Waals surface area contributed by atoms with Crippen LogP contribution in [0.15, 0.2) is 53.1 Å². The summed E-state index contributed by atoms with van der Waals surface area (Å²) in [6.45, 7) is 5.58. The summed E-state index contributed by atoms with van der Waals surface area (Å²) in [4.78, 5) is 19.4. The van der Waals surface area contributed by atoms with Gasteiger partial charge < -0.3 is 19.3 Å². The zero-order valence-corrected chi connectivity index (χ0v) is 20.5. The van der Waals surface area contributed by atoms with E-state index in [1.807, 2.05) is 49.4 Å². The molecule has 0 aliphatic carbocycles. The first-order valence-corrected chi connectivity index (χ1v) is 12.3. The molecule has 0 spiro atoms. The maximum Gasteiger partial charge on any atom is 0.241 e. The number of methoxy groups -OCH3 is 1. The maximum absolute atomic E-state index is 12.6. The molecule has 2 aromatic carbocycles. The second-order valence-electron chi connectivity index (χ2n) is 8.73. The van der Waals surface area contributed by atoms with Crippen LogP contribution in [0, 0.1) is 5.92 Å². The van der Waals surface area contributed by atoms with Crippen molar-refractivity contribution in [2.75, 3.05) is 33.4 Å². The van der Waals surface area contributed by atoms with Crippen molar-refractivity contribution in [3.8, 4) is 22.9 Å². The summed E-state index contributed by atoms with van der Waals surface area (Å²) in [5, 5.41) is 7.22. The fraction of sp³-hybridized carbons (Fsp3) is 0.444. The standard InChI is InChI=1S/C27H34N4O4/c1-3-34-24-9-5-4-7-20(24)8-6-16-28-27(32)22-14-17-31(18-15-22)19-25-29-26(30-35-25)21-10-12-23(33-2)13-11-21/h4-5,7,9-13,22H,3,6,8,14-19H2,1-2H3,(H,28,32). The molecule has 1 aliphatic rings. The number of carbonyl (C=O) groups excluding carboxylic acids is 1. The van der Waals surface area contributed by atoms with Gasteiger partial charge in [-0.3, -0.25) is 9.69 Å². The zero-order valence-electron chi connectivity index (χ0n) is 20.5. The van der Waals surface area contributed by atoms with Gasteiger partial charge in [0.2, 0.25) is 17.6 Å². The first kappa shape index (κ1) is 24.7. The van der Waals surface area contributed by atoms with Crippen LogP contribution >= 0.6 is 0 Å². The van der Waals surface area contributed by atoms with E-state index in [9.17, 15) is 4.79 Å². The van der Waals surface area contributed by atoms with Gasteiger partial charge in [-0.05, 0) is 81.6 Å². The molecular weight excluding hydrogens is 444 g/mol. The van der Waals surface area contributed by atoms with E-state index in [0.29, 0.717) is 31.4 Å². The Morgan fingerprint density at radius 3 is 2.66 bits per heavy atom. The van der Waals surface area contributed by atoms with Crippen LogP contribution in [-0.4, -0.2) is 54.3 Å². The van der Waals surface area contributed by atoms with E-state index in [4.69, 9.17) is 14.0 Å². The van der Waals surface area contributed by atoms with Gasteiger partial charge in [-0.25, -0.2) is 0 Å². The number of ether oxygens (including phenoxy) is 2. The van der Waals surface area contributed by atoms with E-state index in [0.717, 1.165) is 55.8 Å². The van der Waals surface area contributed by atoms with Crippen LogP contribution in [0.3, 0.4) is 0 Å². The number of aromatic nitrogens is 2. The number of nitrogens with zero attached hydrogens (tertiary/aromatic N) is 3. The molecule has 8 heteroatoms. The van der Waals surface area contributed by atoms with Gasteiger partial charge in [0.05, 0.1) is 20.3 Å². The van der Waals surface area contributed by atoms with Crippen LogP contribution in [0.4, 0.5) is 0 Å². The van der Waals surface area contributed by atoms with Gasteiger partial charge in [-0.15, -0.1) is 0 Å². The molecule has 1 amide bonds. The Morgan fingerprint density at radius 2 is 1.91 bits per heavy atom. The highest BCUT2D eigenvalue weighted by Crippen LogP contribution is 2.23. The normalized spacial score (nSPS) is 14.6. The number of piperidine rings is 1. The minimum absolute atomic E-state index is 0.0551. The molecule has 0 radical (unpaired) electrons. The predicted octanol–water partition coefficient (Wildman–Crippen LogP) is 4.10. The molecule has 0 unspecified atom stereocenters. The van der Waals surface area contributed by atoms with Crippen molar-refractivity contribution in [3.63, 3.8) is 0 Å². The Morgan fingerprint density at radius 1 is 1.14 bits per heavy atom. The van der Waals surface area contributed by atoms with Crippen molar-refractivity contribution in [2.24, 2.45) is 5.92 Å². The fourth-order valence-corrected chi connectivity index (χ4v) is 4.36. The molecule has 0 atom stereocenters. The number of hydrogen-bond donors (Lipinski definition) is 1. The van der Waals surface area contributed by atoms with Crippen LogP contribution in [-0.2, 0) is 17.8 Å². The van der Waals surface area contributed by atoms with Crippen molar-refractivity contribution >= 4 is 5.91 Å². The lowest BCUT2D eigenvalue weighted by atomic mass is 9.96. The average Bonchev–Trinajstić information content (AvgIpc) is 3.36. The molecule has 3 aromatic rings. The predicted molar refractivity (Wildman–Crippen MR) is 133 cm³/mol. The fourth-order valence-electron chi connectivity index (χ4n) is 4.36. The molecule has 0 bridgehead atoms. The van der Waals surface area contributed by atoms with Gasteiger partial charge in [0, 0.05) is 18.0 Å². The summed E-state index contributed by atoms with van der Waals surface area (Å²) in [5.41, 5.74) is 2.07. The Kier molecular flexibility index (Phi) is 8.73. The van der Waals surface area contributed by atoms with Gasteiger partial charge in [0.15, 0.2) is 0 Å². The van der Waals surface area contributed by atoms with Crippen molar-refractivity contribution in [1.82, 2.24) is 20.4 Å². The van der Waals surface area contributed by atoms with Crippen LogP contribution in [0.5, 0.6) is 11.5 Å². The zero-order chi connectivity index (χ0) is 24.5. The summed E-state index contributed by atoms with van der Waals surface area (Å²) < 4.78 is 16.3. The lowest BCUT2D eigenvalue weighted by Crippen LogP contribution is -2.40. The quantitative estimate of drug-likeness (QED) is 0.415. The van der Waals surface area contributed by atoms with Crippen molar-refractivity contribution in [3.05, 3.63) is 60.0 Å². The lowest BCUT2D eigenvalue weighted by molar-refractivity contribution is -0.126. The second kappa shape index (κ2) is 12.4. The molecule has 4 rings (SSSR count). The summed E-state index contributed by atoms with van der Waals surface area (Å²) in [6.07, 6.45) is 3.44. The molecule has 1 fully saturated rings. The third-order valence-corrected chi connectivity index (χ3v) is 6.33. The lowest BCUT2D eigenvalue weighted by Gasteiger charge is -2.30. The molecule has 2 heterocycles. The number of para-hydroxylation sites is 1. The van der Waals surface area contributed by atoms with E-state index in [1.54, 1.807) is 7.11 Å². The van der Waals surface area contributed by atoms with Gasteiger partial charge in [-0.2, -0.15) is 4.98 Å². The van der Waals surface area contributed by atoms with Crippen LogP contribution in [0.25, 0.3) is 11.4 Å². The van der Waals surface area contributed by atoms with Gasteiger partial charge in [0.25, 0.3) is 0 Å². The second-order valence-corrected chi connectivity index (χ2v) is 8.73. The number of benzene rings is 2. The summed E-state index contributed by atoms with van der Waals surface area (Å²) in [7, 11) is 1.64.